The SMILES string of the molecule is COC1(C(=O)Cc2cnn(C)c2)CCCCCC1. The van der Waals surface area contributed by atoms with E-state index in [1.165, 1.54) is 12.8 Å². The number of ketones is 1. The molecule has 4 nitrogen and oxygen atoms in total. The second-order valence-electron chi connectivity index (χ2n) is 5.23. The van der Waals surface area contributed by atoms with Crippen molar-refractivity contribution in [2.24, 2.45) is 7.05 Å². The highest BCUT2D eigenvalue weighted by Crippen LogP contribution is 2.31. The molecule has 100 valence electrons. The van der Waals surface area contributed by atoms with Crippen molar-refractivity contribution in [3.8, 4) is 0 Å². The summed E-state index contributed by atoms with van der Waals surface area (Å²) in [6, 6.07) is 0. The van der Waals surface area contributed by atoms with Gasteiger partial charge in [0.1, 0.15) is 5.60 Å². The molecule has 1 aliphatic rings. The molecular formula is C14H22N2O2. The van der Waals surface area contributed by atoms with Crippen LogP contribution in [0.25, 0.3) is 0 Å². The van der Waals surface area contributed by atoms with Gasteiger partial charge < -0.3 is 4.74 Å². The summed E-state index contributed by atoms with van der Waals surface area (Å²) < 4.78 is 7.35. The number of carbonyl (C=O) groups is 1. The number of hydrogen-bond acceptors (Lipinski definition) is 3. The summed E-state index contributed by atoms with van der Waals surface area (Å²) in [6.07, 6.45) is 10.4. The van der Waals surface area contributed by atoms with Gasteiger partial charge in [-0.2, -0.15) is 5.10 Å². The second-order valence-corrected chi connectivity index (χ2v) is 5.23. The van der Waals surface area contributed by atoms with Crippen molar-refractivity contribution in [1.82, 2.24) is 9.78 Å². The van der Waals surface area contributed by atoms with Gasteiger partial charge in [0.15, 0.2) is 5.78 Å². The fraction of sp³-hybridized carbons (Fsp3) is 0.714. The summed E-state index contributed by atoms with van der Waals surface area (Å²) in [5, 5.41) is 4.11. The van der Waals surface area contributed by atoms with Gasteiger partial charge in [0.05, 0.1) is 6.20 Å². The smallest absolute Gasteiger partial charge is 0.169 e. The van der Waals surface area contributed by atoms with Gasteiger partial charge in [0.25, 0.3) is 0 Å². The number of hydrogen-bond donors (Lipinski definition) is 0. The molecule has 0 atom stereocenters. The molecule has 0 radical (unpaired) electrons. The van der Waals surface area contributed by atoms with E-state index in [0.29, 0.717) is 6.42 Å². The van der Waals surface area contributed by atoms with Gasteiger partial charge in [-0.3, -0.25) is 9.48 Å². The normalized spacial score (nSPS) is 19.4. The predicted octanol–water partition coefficient (Wildman–Crippen LogP) is 2.27. The monoisotopic (exact) mass is 250 g/mol. The first-order valence-corrected chi connectivity index (χ1v) is 6.72. The number of carbonyl (C=O) groups excluding carboxylic acids is 1. The molecular weight excluding hydrogens is 228 g/mol. The van der Waals surface area contributed by atoms with Crippen LogP contribution in [0.5, 0.6) is 0 Å². The number of methoxy groups -OCH3 is 1. The Bertz CT molecular complexity index is 404. The summed E-state index contributed by atoms with van der Waals surface area (Å²) in [7, 11) is 3.54. The van der Waals surface area contributed by atoms with Crippen LogP contribution in [0.3, 0.4) is 0 Å². The summed E-state index contributed by atoms with van der Waals surface area (Å²) in [6.45, 7) is 0. The van der Waals surface area contributed by atoms with Crippen LogP contribution in [0, 0.1) is 0 Å². The van der Waals surface area contributed by atoms with E-state index in [2.05, 4.69) is 5.10 Å². The van der Waals surface area contributed by atoms with E-state index < -0.39 is 5.60 Å². The molecule has 1 aromatic heterocycles. The Hall–Kier alpha value is -1.16. The number of aryl methyl sites for hydroxylation is 1. The molecule has 1 heterocycles. The Kier molecular flexibility index (Phi) is 4.17. The van der Waals surface area contributed by atoms with Gasteiger partial charge in [-0.1, -0.05) is 25.7 Å². The molecule has 0 saturated heterocycles. The van der Waals surface area contributed by atoms with Gasteiger partial charge in [-0.15, -0.1) is 0 Å². The molecule has 4 heteroatoms. The topological polar surface area (TPSA) is 44.1 Å². The molecule has 1 aromatic rings. The molecule has 18 heavy (non-hydrogen) atoms. The second kappa shape index (κ2) is 5.65. The largest absolute Gasteiger partial charge is 0.370 e. The number of rotatable bonds is 4. The molecule has 0 amide bonds. The van der Waals surface area contributed by atoms with Crippen molar-refractivity contribution >= 4 is 5.78 Å². The molecule has 0 bridgehead atoms. The van der Waals surface area contributed by atoms with E-state index >= 15 is 0 Å². The Morgan fingerprint density at radius 1 is 1.39 bits per heavy atom. The predicted molar refractivity (Wildman–Crippen MR) is 69.4 cm³/mol. The highest BCUT2D eigenvalue weighted by molar-refractivity contribution is 5.89. The third kappa shape index (κ3) is 2.80. The third-order valence-electron chi connectivity index (χ3n) is 3.93. The first-order valence-electron chi connectivity index (χ1n) is 6.72. The van der Waals surface area contributed by atoms with Crippen molar-refractivity contribution < 1.29 is 9.53 Å². The third-order valence-corrected chi connectivity index (χ3v) is 3.93. The van der Waals surface area contributed by atoms with Gasteiger partial charge in [-0.05, 0) is 18.4 Å². The van der Waals surface area contributed by atoms with Crippen molar-refractivity contribution in [1.29, 1.82) is 0 Å². The van der Waals surface area contributed by atoms with E-state index in [9.17, 15) is 4.79 Å². The Balaban J connectivity index is 2.08. The van der Waals surface area contributed by atoms with Crippen LogP contribution >= 0.6 is 0 Å². The molecule has 1 saturated carbocycles. The standard InChI is InChI=1S/C14H22N2O2/c1-16-11-12(10-15-16)9-13(17)14(18-2)7-5-3-4-6-8-14/h10-11H,3-9H2,1-2H3. The highest BCUT2D eigenvalue weighted by Gasteiger charge is 2.38. The van der Waals surface area contributed by atoms with E-state index in [4.69, 9.17) is 4.74 Å². The number of ether oxygens (including phenoxy) is 1. The molecule has 1 aliphatic carbocycles. The van der Waals surface area contributed by atoms with E-state index in [0.717, 1.165) is 31.2 Å². The molecule has 0 aliphatic heterocycles. The Morgan fingerprint density at radius 3 is 2.56 bits per heavy atom. The zero-order valence-electron chi connectivity index (χ0n) is 11.3. The maximum Gasteiger partial charge on any atom is 0.169 e. The van der Waals surface area contributed by atoms with Crippen LogP contribution in [-0.2, 0) is 23.0 Å². The van der Waals surface area contributed by atoms with Crippen LogP contribution in [0.2, 0.25) is 0 Å². The summed E-state index contributed by atoms with van der Waals surface area (Å²) in [5.74, 6) is 0.208. The van der Waals surface area contributed by atoms with Crippen LogP contribution in [0.4, 0.5) is 0 Å². The summed E-state index contributed by atoms with van der Waals surface area (Å²) in [4.78, 5) is 12.5. The maximum absolute atomic E-state index is 12.5. The highest BCUT2D eigenvalue weighted by atomic mass is 16.5. The van der Waals surface area contributed by atoms with Crippen LogP contribution in [0.15, 0.2) is 12.4 Å². The summed E-state index contributed by atoms with van der Waals surface area (Å²) >= 11 is 0. The molecule has 0 aromatic carbocycles. The van der Waals surface area contributed by atoms with Gasteiger partial charge in [0.2, 0.25) is 0 Å². The minimum atomic E-state index is -0.549. The molecule has 0 N–H and O–H groups in total. The Labute approximate surface area is 108 Å². The quantitative estimate of drug-likeness (QED) is 0.770. The average molecular weight is 250 g/mol. The minimum Gasteiger partial charge on any atom is -0.370 e. The first-order chi connectivity index (χ1) is 8.66. The summed E-state index contributed by atoms with van der Waals surface area (Å²) in [5.41, 5.74) is 0.426. The lowest BCUT2D eigenvalue weighted by Gasteiger charge is -2.29. The number of aromatic nitrogens is 2. The van der Waals surface area contributed by atoms with Crippen LogP contribution < -0.4 is 0 Å². The molecule has 1 fully saturated rings. The van der Waals surface area contributed by atoms with E-state index in [1.54, 1.807) is 18.0 Å². The zero-order chi connectivity index (χ0) is 13.0. The Morgan fingerprint density at radius 2 is 2.06 bits per heavy atom. The van der Waals surface area contributed by atoms with Gasteiger partial charge in [-0.25, -0.2) is 0 Å². The number of Topliss-reactive ketones (excluding diaryl/α,β-unsaturated/α-hetero) is 1. The first kappa shape index (κ1) is 13.3. The van der Waals surface area contributed by atoms with E-state index in [1.807, 2.05) is 13.2 Å². The lowest BCUT2D eigenvalue weighted by Crippen LogP contribution is -2.41. The molecule has 2 rings (SSSR count). The van der Waals surface area contributed by atoms with Crippen LogP contribution in [-0.4, -0.2) is 28.3 Å². The van der Waals surface area contributed by atoms with Crippen molar-refractivity contribution in [2.45, 2.75) is 50.5 Å². The number of nitrogens with zero attached hydrogens (tertiary/aromatic N) is 2. The van der Waals surface area contributed by atoms with Crippen LogP contribution in [0.1, 0.15) is 44.1 Å². The van der Waals surface area contributed by atoms with E-state index in [-0.39, 0.29) is 5.78 Å². The fourth-order valence-corrected chi connectivity index (χ4v) is 2.81. The average Bonchev–Trinajstić information content (AvgIpc) is 2.65. The minimum absolute atomic E-state index is 0.208. The fourth-order valence-electron chi connectivity index (χ4n) is 2.81. The zero-order valence-corrected chi connectivity index (χ0v) is 11.3. The van der Waals surface area contributed by atoms with Crippen molar-refractivity contribution in [3.63, 3.8) is 0 Å². The molecule has 0 unspecified atom stereocenters. The van der Waals surface area contributed by atoms with Gasteiger partial charge in [0, 0.05) is 26.8 Å². The lowest BCUT2D eigenvalue weighted by atomic mass is 9.87. The molecule has 0 spiro atoms. The van der Waals surface area contributed by atoms with Gasteiger partial charge >= 0.3 is 0 Å². The van der Waals surface area contributed by atoms with Crippen molar-refractivity contribution in [2.75, 3.05) is 7.11 Å². The maximum atomic E-state index is 12.5. The lowest BCUT2D eigenvalue weighted by molar-refractivity contribution is -0.142. The van der Waals surface area contributed by atoms with Crippen molar-refractivity contribution in [3.05, 3.63) is 18.0 Å².